The number of likely N-dealkylation sites (tertiary alicyclic amines) is 1. The van der Waals surface area contributed by atoms with Crippen molar-refractivity contribution in [2.75, 3.05) is 6.54 Å². The Kier molecular flexibility index (Phi) is 5.07. The summed E-state index contributed by atoms with van der Waals surface area (Å²) in [5.74, 6) is -0.194. The quantitative estimate of drug-likeness (QED) is 0.203. The molecule has 124 valence electrons. The summed E-state index contributed by atoms with van der Waals surface area (Å²) in [6, 6.07) is -0.411. The Morgan fingerprint density at radius 3 is 2.64 bits per heavy atom. The van der Waals surface area contributed by atoms with Crippen molar-refractivity contribution in [3.63, 3.8) is 0 Å². The van der Waals surface area contributed by atoms with Crippen molar-refractivity contribution in [2.24, 2.45) is 0 Å². The molecule has 1 aliphatic carbocycles. The fourth-order valence-electron chi connectivity index (χ4n) is 3.58. The molecule has 3 aliphatic rings. The summed E-state index contributed by atoms with van der Waals surface area (Å²) in [7, 11) is 0. The molecular formula is C13H21N3O5S. The lowest BCUT2D eigenvalue weighted by molar-refractivity contribution is -0.433. The SMILES string of the molecule is O=C(NC1CCCCCC1)N1CC[C@@H]2[C@H]1C(=O)N2SOOO. The Hall–Kier alpha value is -1.03. The van der Waals surface area contributed by atoms with E-state index in [9.17, 15) is 9.59 Å². The van der Waals surface area contributed by atoms with Gasteiger partial charge in [-0.15, -0.1) is 4.33 Å². The van der Waals surface area contributed by atoms with Crippen LogP contribution in [-0.4, -0.2) is 51.1 Å². The first-order valence-corrected chi connectivity index (χ1v) is 8.47. The number of urea groups is 1. The molecule has 2 saturated heterocycles. The molecule has 22 heavy (non-hydrogen) atoms. The molecule has 3 rings (SSSR count). The van der Waals surface area contributed by atoms with Gasteiger partial charge in [0.15, 0.2) is 12.2 Å². The molecule has 0 unspecified atom stereocenters. The Bertz CT molecular complexity index is 430. The van der Waals surface area contributed by atoms with E-state index in [1.807, 2.05) is 0 Å². The Labute approximate surface area is 133 Å². The van der Waals surface area contributed by atoms with Crippen molar-refractivity contribution in [2.45, 2.75) is 63.1 Å². The molecule has 0 aromatic carbocycles. The van der Waals surface area contributed by atoms with Crippen molar-refractivity contribution in [1.29, 1.82) is 0 Å². The van der Waals surface area contributed by atoms with E-state index in [-0.39, 0.29) is 24.0 Å². The number of nitrogens with one attached hydrogen (secondary N) is 1. The van der Waals surface area contributed by atoms with E-state index in [1.54, 1.807) is 4.90 Å². The van der Waals surface area contributed by atoms with Gasteiger partial charge in [-0.1, -0.05) is 30.7 Å². The molecule has 0 radical (unpaired) electrons. The van der Waals surface area contributed by atoms with Gasteiger partial charge < -0.3 is 10.2 Å². The van der Waals surface area contributed by atoms with Crippen LogP contribution >= 0.6 is 12.2 Å². The van der Waals surface area contributed by atoms with Crippen molar-refractivity contribution >= 4 is 24.2 Å². The topological polar surface area (TPSA) is 91.3 Å². The summed E-state index contributed by atoms with van der Waals surface area (Å²) < 4.78 is 5.69. The van der Waals surface area contributed by atoms with Crippen LogP contribution in [0.2, 0.25) is 0 Å². The predicted molar refractivity (Wildman–Crippen MR) is 78.2 cm³/mol. The second-order valence-electron chi connectivity index (χ2n) is 6.01. The van der Waals surface area contributed by atoms with Gasteiger partial charge in [0.05, 0.1) is 6.04 Å². The van der Waals surface area contributed by atoms with Crippen LogP contribution in [0, 0.1) is 0 Å². The number of hydrogen-bond donors (Lipinski definition) is 2. The van der Waals surface area contributed by atoms with Gasteiger partial charge in [0.25, 0.3) is 5.91 Å². The summed E-state index contributed by atoms with van der Waals surface area (Å²) >= 11 is 0.653. The molecular weight excluding hydrogens is 310 g/mol. The van der Waals surface area contributed by atoms with Gasteiger partial charge in [0.1, 0.15) is 6.04 Å². The van der Waals surface area contributed by atoms with E-state index in [4.69, 9.17) is 5.26 Å². The van der Waals surface area contributed by atoms with Crippen LogP contribution in [0.25, 0.3) is 0 Å². The van der Waals surface area contributed by atoms with Gasteiger partial charge in [-0.05, 0) is 19.3 Å². The maximum atomic E-state index is 12.4. The summed E-state index contributed by atoms with van der Waals surface area (Å²) in [6.45, 7) is 0.552. The molecule has 0 spiro atoms. The molecule has 1 saturated carbocycles. The lowest BCUT2D eigenvalue weighted by atomic mass is 10.0. The molecule has 2 heterocycles. The van der Waals surface area contributed by atoms with E-state index in [0.29, 0.717) is 25.2 Å². The molecule has 3 fully saturated rings. The molecule has 0 aromatic rings. The predicted octanol–water partition coefficient (Wildman–Crippen LogP) is 1.69. The molecule has 3 amide bonds. The average Bonchev–Trinajstić information content (AvgIpc) is 2.72. The molecule has 2 N–H and O–H groups in total. The van der Waals surface area contributed by atoms with Crippen molar-refractivity contribution < 1.29 is 24.2 Å². The zero-order valence-corrected chi connectivity index (χ0v) is 13.1. The maximum Gasteiger partial charge on any atom is 0.318 e. The third-order valence-electron chi connectivity index (χ3n) is 4.72. The zero-order valence-electron chi connectivity index (χ0n) is 12.3. The third kappa shape index (κ3) is 3.03. The summed E-state index contributed by atoms with van der Waals surface area (Å²) in [4.78, 5) is 26.1. The summed E-state index contributed by atoms with van der Waals surface area (Å²) in [5.41, 5.74) is 0. The standard InChI is InChI=1S/C13H21N3O5S/c17-12-11-10(16(12)22-21-20-19)7-8-15(11)13(18)14-9-5-3-1-2-4-6-9/h9-11,19H,1-8H2,(H,14,18)/t10-,11+/m1/s1. The van der Waals surface area contributed by atoms with E-state index in [2.05, 4.69) is 14.7 Å². The van der Waals surface area contributed by atoms with Crippen LogP contribution < -0.4 is 5.32 Å². The fourth-order valence-corrected chi connectivity index (χ4v) is 4.18. The number of hydrogen-bond acceptors (Lipinski definition) is 6. The van der Waals surface area contributed by atoms with Crippen molar-refractivity contribution in [3.8, 4) is 0 Å². The first-order valence-electron chi connectivity index (χ1n) is 7.77. The second kappa shape index (κ2) is 7.03. The summed E-state index contributed by atoms with van der Waals surface area (Å²) in [5, 5.41) is 14.7. The maximum absolute atomic E-state index is 12.4. The minimum absolute atomic E-state index is 0.0764. The van der Waals surface area contributed by atoms with Crippen LogP contribution in [0.15, 0.2) is 0 Å². The number of nitrogens with zero attached hydrogens (tertiary/aromatic N) is 2. The van der Waals surface area contributed by atoms with E-state index >= 15 is 0 Å². The highest BCUT2D eigenvalue weighted by atomic mass is 32.2. The van der Waals surface area contributed by atoms with Crippen molar-refractivity contribution in [1.82, 2.24) is 14.5 Å². The van der Waals surface area contributed by atoms with Crippen LogP contribution in [0.1, 0.15) is 44.9 Å². The normalized spacial score (nSPS) is 29.0. The highest BCUT2D eigenvalue weighted by Crippen LogP contribution is 2.38. The fraction of sp³-hybridized carbons (Fsp3) is 0.846. The van der Waals surface area contributed by atoms with Gasteiger partial charge in [0.2, 0.25) is 0 Å². The van der Waals surface area contributed by atoms with Gasteiger partial charge in [-0.2, -0.15) is 0 Å². The van der Waals surface area contributed by atoms with Crippen LogP contribution in [0.5, 0.6) is 0 Å². The molecule has 0 bridgehead atoms. The lowest BCUT2D eigenvalue weighted by Gasteiger charge is -2.42. The van der Waals surface area contributed by atoms with Gasteiger partial charge in [-0.25, -0.2) is 10.1 Å². The lowest BCUT2D eigenvalue weighted by Crippen LogP contribution is -2.65. The van der Waals surface area contributed by atoms with Crippen LogP contribution in [-0.2, 0) is 14.2 Å². The Morgan fingerprint density at radius 2 is 1.95 bits per heavy atom. The first kappa shape index (κ1) is 15.9. The first-order chi connectivity index (χ1) is 10.7. The van der Waals surface area contributed by atoms with Gasteiger partial charge >= 0.3 is 6.03 Å². The average molecular weight is 331 g/mol. The molecule has 8 nitrogen and oxygen atoms in total. The third-order valence-corrected chi connectivity index (χ3v) is 5.46. The second-order valence-corrected chi connectivity index (χ2v) is 6.69. The minimum Gasteiger partial charge on any atom is -0.335 e. The number of β-lactam (4-membered cyclic amide) rings is 1. The minimum atomic E-state index is -0.416. The van der Waals surface area contributed by atoms with E-state index in [1.165, 1.54) is 17.1 Å². The van der Waals surface area contributed by atoms with Crippen LogP contribution in [0.4, 0.5) is 4.79 Å². The number of carbonyl (C=O) groups excluding carboxylic acids is 2. The monoisotopic (exact) mass is 331 g/mol. The van der Waals surface area contributed by atoms with Gasteiger partial charge in [-0.3, -0.25) is 9.10 Å². The highest BCUT2D eigenvalue weighted by molar-refractivity contribution is 7.92. The highest BCUT2D eigenvalue weighted by Gasteiger charge is 2.57. The van der Waals surface area contributed by atoms with Crippen molar-refractivity contribution in [3.05, 3.63) is 0 Å². The number of carbonyl (C=O) groups is 2. The molecule has 9 heteroatoms. The summed E-state index contributed by atoms with van der Waals surface area (Å²) in [6.07, 6.45) is 7.52. The van der Waals surface area contributed by atoms with E-state index in [0.717, 1.165) is 25.7 Å². The molecule has 0 aromatic heterocycles. The Morgan fingerprint density at radius 1 is 1.23 bits per heavy atom. The number of amides is 3. The molecule has 2 atom stereocenters. The zero-order chi connectivity index (χ0) is 15.5. The number of fused-ring (bicyclic) bond motifs is 1. The number of rotatable bonds is 4. The van der Waals surface area contributed by atoms with Crippen LogP contribution in [0.3, 0.4) is 0 Å². The van der Waals surface area contributed by atoms with Gasteiger partial charge in [0, 0.05) is 12.6 Å². The largest absolute Gasteiger partial charge is 0.335 e. The molecule has 2 aliphatic heterocycles. The smallest absolute Gasteiger partial charge is 0.318 e. The van der Waals surface area contributed by atoms with E-state index < -0.39 is 6.04 Å². The Balaban J connectivity index is 1.53.